The van der Waals surface area contributed by atoms with Crippen LogP contribution in [0.2, 0.25) is 0 Å². The highest BCUT2D eigenvalue weighted by Gasteiger charge is 2.48. The Labute approximate surface area is 151 Å². The van der Waals surface area contributed by atoms with Crippen molar-refractivity contribution in [3.63, 3.8) is 0 Å². The van der Waals surface area contributed by atoms with E-state index in [1.165, 1.54) is 12.1 Å². The van der Waals surface area contributed by atoms with Crippen LogP contribution in [0.15, 0.2) is 29.2 Å². The molecular weight excluding hydrogens is 369 g/mol. The zero-order valence-corrected chi connectivity index (χ0v) is 15.2. The first kappa shape index (κ1) is 19.4. The van der Waals surface area contributed by atoms with Gasteiger partial charge >= 0.3 is 5.51 Å². The van der Waals surface area contributed by atoms with Gasteiger partial charge in [-0.2, -0.15) is 13.2 Å². The summed E-state index contributed by atoms with van der Waals surface area (Å²) in [6.45, 7) is 5.08. The summed E-state index contributed by atoms with van der Waals surface area (Å²) in [5.41, 5.74) is -5.15. The Morgan fingerprint density at radius 2 is 1.81 bits per heavy atom. The predicted molar refractivity (Wildman–Crippen MR) is 91.9 cm³/mol. The van der Waals surface area contributed by atoms with Crippen LogP contribution < -0.4 is 4.90 Å². The van der Waals surface area contributed by atoms with Gasteiger partial charge in [0.25, 0.3) is 9.84 Å². The summed E-state index contributed by atoms with van der Waals surface area (Å²) in [6.07, 6.45) is 1.82. The molecule has 0 aliphatic carbocycles. The van der Waals surface area contributed by atoms with E-state index in [1.54, 1.807) is 11.0 Å². The molecule has 2 heterocycles. The topological polar surface area (TPSA) is 49.9 Å². The van der Waals surface area contributed by atoms with Crippen LogP contribution in [0.25, 0.3) is 0 Å². The Bertz CT molecular complexity index is 718. The molecule has 2 saturated heterocycles. The monoisotopic (exact) mass is 392 g/mol. The number of anilines is 1. The van der Waals surface area contributed by atoms with Gasteiger partial charge in [0, 0.05) is 32.7 Å². The number of hydrogen-bond donors (Lipinski definition) is 0. The predicted octanol–water partition coefficient (Wildman–Crippen LogP) is 2.53. The second-order valence-corrected chi connectivity index (χ2v) is 8.69. The molecule has 0 saturated carbocycles. The Balaban J connectivity index is 1.78. The molecule has 9 heteroatoms. The lowest BCUT2D eigenvalue weighted by atomic mass is 9.96. The van der Waals surface area contributed by atoms with E-state index in [2.05, 4.69) is 4.90 Å². The smallest absolute Gasteiger partial charge is 0.379 e. The molecule has 3 rings (SSSR count). The summed E-state index contributed by atoms with van der Waals surface area (Å²) in [6, 6.07) is 5.42. The van der Waals surface area contributed by atoms with Crippen molar-refractivity contribution in [2.75, 3.05) is 50.8 Å². The number of hydrogen-bond acceptors (Lipinski definition) is 5. The molecule has 2 fully saturated rings. The number of para-hydroxylation sites is 1. The van der Waals surface area contributed by atoms with Crippen LogP contribution in [0, 0.1) is 5.92 Å². The third kappa shape index (κ3) is 4.15. The Morgan fingerprint density at radius 1 is 1.12 bits per heavy atom. The van der Waals surface area contributed by atoms with E-state index in [0.717, 1.165) is 38.5 Å². The number of benzene rings is 1. The van der Waals surface area contributed by atoms with Gasteiger partial charge in [0.2, 0.25) is 0 Å². The number of piperidine rings is 1. The maximum atomic E-state index is 13.0. The van der Waals surface area contributed by atoms with Gasteiger partial charge in [-0.15, -0.1) is 0 Å². The molecular formula is C17H23F3N2O3S. The van der Waals surface area contributed by atoms with Crippen molar-refractivity contribution in [3.05, 3.63) is 24.3 Å². The standard InChI is InChI=1S/C17H23F3N2O3S/c18-17(19,20)26(23,24)16-6-2-1-5-15(16)22-7-3-4-14(13-22)12-21-8-10-25-11-9-21/h1-2,5-6,14H,3-4,7-13H2. The lowest BCUT2D eigenvalue weighted by molar-refractivity contribution is -0.0435. The molecule has 0 aromatic heterocycles. The number of rotatable bonds is 4. The molecule has 1 aromatic rings. The first-order valence-electron chi connectivity index (χ1n) is 8.74. The normalized spacial score (nSPS) is 23.2. The van der Waals surface area contributed by atoms with Crippen molar-refractivity contribution in [1.29, 1.82) is 0 Å². The molecule has 2 aliphatic heterocycles. The lowest BCUT2D eigenvalue weighted by Gasteiger charge is -2.38. The van der Waals surface area contributed by atoms with Crippen LogP contribution in [0.3, 0.4) is 0 Å². The molecule has 0 radical (unpaired) electrons. The van der Waals surface area contributed by atoms with E-state index in [0.29, 0.717) is 32.2 Å². The number of alkyl halides is 3. The minimum Gasteiger partial charge on any atom is -0.379 e. The summed E-state index contributed by atoms with van der Waals surface area (Å²) in [5.74, 6) is 0.295. The van der Waals surface area contributed by atoms with Crippen molar-refractivity contribution in [2.45, 2.75) is 23.2 Å². The van der Waals surface area contributed by atoms with Gasteiger partial charge in [-0.1, -0.05) is 12.1 Å². The fourth-order valence-corrected chi connectivity index (χ4v) is 4.63. The molecule has 0 amide bonds. The summed E-state index contributed by atoms with van der Waals surface area (Å²) < 4.78 is 68.3. The molecule has 0 N–H and O–H groups in total. The fraction of sp³-hybridized carbons (Fsp3) is 0.647. The first-order valence-corrected chi connectivity index (χ1v) is 10.2. The third-order valence-corrected chi connectivity index (χ3v) is 6.47. The number of sulfone groups is 1. The minimum absolute atomic E-state index is 0.150. The van der Waals surface area contributed by atoms with Crippen LogP contribution in [0.5, 0.6) is 0 Å². The molecule has 5 nitrogen and oxygen atoms in total. The molecule has 2 aliphatic rings. The van der Waals surface area contributed by atoms with Crippen LogP contribution in [0.4, 0.5) is 18.9 Å². The van der Waals surface area contributed by atoms with Gasteiger partial charge < -0.3 is 9.64 Å². The zero-order chi connectivity index (χ0) is 18.8. The van der Waals surface area contributed by atoms with Crippen molar-refractivity contribution < 1.29 is 26.3 Å². The Morgan fingerprint density at radius 3 is 2.50 bits per heavy atom. The van der Waals surface area contributed by atoms with Gasteiger partial charge in [0.1, 0.15) is 0 Å². The summed E-state index contributed by atoms with van der Waals surface area (Å²) >= 11 is 0. The van der Waals surface area contributed by atoms with E-state index in [4.69, 9.17) is 4.74 Å². The fourth-order valence-electron chi connectivity index (χ4n) is 3.65. The summed E-state index contributed by atoms with van der Waals surface area (Å²) in [4.78, 5) is 3.43. The average molecular weight is 392 g/mol. The van der Waals surface area contributed by atoms with Crippen LogP contribution in [0.1, 0.15) is 12.8 Å². The van der Waals surface area contributed by atoms with Gasteiger partial charge in [-0.3, -0.25) is 4.90 Å². The van der Waals surface area contributed by atoms with Crippen molar-refractivity contribution in [1.82, 2.24) is 4.90 Å². The third-order valence-electron chi connectivity index (χ3n) is 4.94. The second-order valence-electron chi connectivity index (χ2n) is 6.78. The maximum Gasteiger partial charge on any atom is 0.501 e. The van der Waals surface area contributed by atoms with E-state index in [-0.39, 0.29) is 5.69 Å². The number of halogens is 3. The molecule has 0 bridgehead atoms. The molecule has 146 valence electrons. The molecule has 1 aromatic carbocycles. The number of ether oxygens (including phenoxy) is 1. The minimum atomic E-state index is -5.37. The van der Waals surface area contributed by atoms with Crippen LogP contribution in [-0.4, -0.2) is 64.8 Å². The van der Waals surface area contributed by atoms with Gasteiger partial charge in [-0.05, 0) is 30.9 Å². The van der Waals surface area contributed by atoms with Crippen LogP contribution >= 0.6 is 0 Å². The quantitative estimate of drug-likeness (QED) is 0.788. The van der Waals surface area contributed by atoms with Gasteiger partial charge in [0.15, 0.2) is 0 Å². The largest absolute Gasteiger partial charge is 0.501 e. The highest BCUT2D eigenvalue weighted by atomic mass is 32.2. The van der Waals surface area contributed by atoms with Gasteiger partial charge in [-0.25, -0.2) is 8.42 Å². The molecule has 0 spiro atoms. The number of nitrogens with zero attached hydrogens (tertiary/aromatic N) is 2. The molecule has 1 atom stereocenters. The highest BCUT2D eigenvalue weighted by molar-refractivity contribution is 7.92. The van der Waals surface area contributed by atoms with E-state index >= 15 is 0 Å². The van der Waals surface area contributed by atoms with Gasteiger partial charge in [0.05, 0.1) is 23.8 Å². The van der Waals surface area contributed by atoms with Crippen LogP contribution in [-0.2, 0) is 14.6 Å². The SMILES string of the molecule is O=S(=O)(c1ccccc1N1CCCC(CN2CCOCC2)C1)C(F)(F)F. The Kier molecular flexibility index (Phi) is 5.78. The zero-order valence-electron chi connectivity index (χ0n) is 14.4. The summed E-state index contributed by atoms with van der Waals surface area (Å²) in [7, 11) is -5.37. The number of morpholine rings is 1. The first-order chi connectivity index (χ1) is 12.3. The van der Waals surface area contributed by atoms with E-state index in [1.807, 2.05) is 0 Å². The summed E-state index contributed by atoms with van der Waals surface area (Å²) in [5, 5.41) is 0. The lowest BCUT2D eigenvalue weighted by Crippen LogP contribution is -2.45. The van der Waals surface area contributed by atoms with Crippen molar-refractivity contribution >= 4 is 15.5 Å². The van der Waals surface area contributed by atoms with E-state index < -0.39 is 20.2 Å². The van der Waals surface area contributed by atoms with Crippen molar-refractivity contribution in [3.8, 4) is 0 Å². The highest BCUT2D eigenvalue weighted by Crippen LogP contribution is 2.37. The van der Waals surface area contributed by atoms with E-state index in [9.17, 15) is 21.6 Å². The molecule has 26 heavy (non-hydrogen) atoms. The maximum absolute atomic E-state index is 13.0. The molecule has 1 unspecified atom stereocenters. The average Bonchev–Trinajstić information content (AvgIpc) is 2.62. The van der Waals surface area contributed by atoms with Crippen molar-refractivity contribution in [2.24, 2.45) is 5.92 Å². The second kappa shape index (κ2) is 7.74. The Hall–Kier alpha value is -1.32.